The number of rotatable bonds is 6. The monoisotopic (exact) mass is 303 g/mol. The second kappa shape index (κ2) is 8.25. The fourth-order valence-corrected chi connectivity index (χ4v) is 2.45. The van der Waals surface area contributed by atoms with Crippen molar-refractivity contribution in [3.63, 3.8) is 0 Å². The largest absolute Gasteiger partial charge is 0.495 e. The Morgan fingerprint density at radius 3 is 3.09 bits per heavy atom. The topological polar surface area (TPSA) is 83.4 Å². The Bertz CT molecular complexity index is 548. The van der Waals surface area contributed by atoms with Crippen LogP contribution < -0.4 is 15.4 Å². The van der Waals surface area contributed by atoms with Gasteiger partial charge >= 0.3 is 6.03 Å². The predicted molar refractivity (Wildman–Crippen MR) is 82.9 cm³/mol. The molecular formula is C16H21N3O3. The van der Waals surface area contributed by atoms with Crippen LogP contribution in [0.5, 0.6) is 5.75 Å². The second-order valence-corrected chi connectivity index (χ2v) is 5.28. The Morgan fingerprint density at radius 2 is 2.41 bits per heavy atom. The van der Waals surface area contributed by atoms with E-state index in [0.29, 0.717) is 29.5 Å². The molecular weight excluding hydrogens is 282 g/mol. The molecule has 1 aliphatic rings. The fourth-order valence-electron chi connectivity index (χ4n) is 2.45. The van der Waals surface area contributed by atoms with Crippen molar-refractivity contribution in [3.05, 3.63) is 23.8 Å². The first-order valence-electron chi connectivity index (χ1n) is 7.43. The molecule has 2 amide bonds. The lowest BCUT2D eigenvalue weighted by Crippen LogP contribution is -2.29. The molecule has 2 N–H and O–H groups in total. The van der Waals surface area contributed by atoms with Crippen LogP contribution in [-0.4, -0.2) is 32.9 Å². The maximum absolute atomic E-state index is 11.8. The van der Waals surface area contributed by atoms with Crippen LogP contribution in [0.25, 0.3) is 0 Å². The van der Waals surface area contributed by atoms with Crippen LogP contribution in [0.1, 0.15) is 24.8 Å². The molecule has 1 fully saturated rings. The number of anilines is 1. The van der Waals surface area contributed by atoms with Gasteiger partial charge in [0, 0.05) is 25.4 Å². The fraction of sp³-hybridized carbons (Fsp3) is 0.500. The zero-order chi connectivity index (χ0) is 15.8. The summed E-state index contributed by atoms with van der Waals surface area (Å²) < 4.78 is 10.4. The molecule has 6 nitrogen and oxygen atoms in total. The number of amides is 2. The summed E-state index contributed by atoms with van der Waals surface area (Å²) in [6.07, 6.45) is 3.13. The normalized spacial score (nSPS) is 16.8. The van der Waals surface area contributed by atoms with Crippen molar-refractivity contribution < 1.29 is 14.3 Å². The van der Waals surface area contributed by atoms with E-state index < -0.39 is 0 Å². The van der Waals surface area contributed by atoms with Crippen LogP contribution in [0.3, 0.4) is 0 Å². The van der Waals surface area contributed by atoms with Crippen molar-refractivity contribution in [2.75, 3.05) is 32.2 Å². The summed E-state index contributed by atoms with van der Waals surface area (Å²) in [4.78, 5) is 11.8. The molecule has 118 valence electrons. The van der Waals surface area contributed by atoms with E-state index in [9.17, 15) is 4.79 Å². The van der Waals surface area contributed by atoms with Gasteiger partial charge in [0.05, 0.1) is 12.7 Å². The van der Waals surface area contributed by atoms with E-state index >= 15 is 0 Å². The van der Waals surface area contributed by atoms with E-state index in [4.69, 9.17) is 14.7 Å². The van der Waals surface area contributed by atoms with Crippen molar-refractivity contribution >= 4 is 11.7 Å². The molecule has 2 rings (SSSR count). The van der Waals surface area contributed by atoms with Gasteiger partial charge in [0.2, 0.25) is 0 Å². The summed E-state index contributed by atoms with van der Waals surface area (Å²) in [5.74, 6) is 1.12. The molecule has 0 saturated carbocycles. The minimum atomic E-state index is -0.267. The van der Waals surface area contributed by atoms with Gasteiger partial charge in [0.1, 0.15) is 11.8 Å². The van der Waals surface area contributed by atoms with Gasteiger partial charge in [-0.25, -0.2) is 4.79 Å². The van der Waals surface area contributed by atoms with E-state index in [2.05, 4.69) is 10.6 Å². The average Bonchev–Trinajstić information content (AvgIpc) is 3.04. The Labute approximate surface area is 130 Å². The number of urea groups is 1. The van der Waals surface area contributed by atoms with Gasteiger partial charge < -0.3 is 20.1 Å². The number of nitrogens with zero attached hydrogens (tertiary/aromatic N) is 1. The third kappa shape index (κ3) is 4.64. The number of carbonyl (C=O) groups is 1. The molecule has 6 heteroatoms. The molecule has 0 radical (unpaired) electrons. The number of carbonyl (C=O) groups excluding carboxylic acids is 1. The lowest BCUT2D eigenvalue weighted by molar-refractivity contribution is 0.184. The Hall–Kier alpha value is -2.26. The summed E-state index contributed by atoms with van der Waals surface area (Å²) in [6.45, 7) is 2.33. The van der Waals surface area contributed by atoms with Crippen LogP contribution in [0.4, 0.5) is 10.5 Å². The third-order valence-corrected chi connectivity index (χ3v) is 3.68. The summed E-state index contributed by atoms with van der Waals surface area (Å²) in [7, 11) is 1.51. The van der Waals surface area contributed by atoms with E-state index in [0.717, 1.165) is 32.5 Å². The van der Waals surface area contributed by atoms with E-state index in [1.54, 1.807) is 18.2 Å². The standard InChI is InChI=1S/C16H21N3O3/c1-21-15-5-4-14(9-13(15)10-17)19-16(20)18-7-2-3-12-6-8-22-11-12/h4-5,9,12H,2-3,6-8,11H2,1H3,(H2,18,19,20)/t12-/m1/s1. The average molecular weight is 303 g/mol. The van der Waals surface area contributed by atoms with Gasteiger partial charge in [-0.15, -0.1) is 0 Å². The molecule has 1 atom stereocenters. The Kier molecular flexibility index (Phi) is 6.04. The Morgan fingerprint density at radius 1 is 1.55 bits per heavy atom. The first kappa shape index (κ1) is 16.1. The summed E-state index contributed by atoms with van der Waals surface area (Å²) in [5.41, 5.74) is 0.959. The highest BCUT2D eigenvalue weighted by molar-refractivity contribution is 5.89. The number of nitrogens with one attached hydrogen (secondary N) is 2. The van der Waals surface area contributed by atoms with Crippen LogP contribution in [0, 0.1) is 17.2 Å². The number of methoxy groups -OCH3 is 1. The van der Waals surface area contributed by atoms with Gasteiger partial charge in [-0.05, 0) is 43.4 Å². The van der Waals surface area contributed by atoms with Crippen molar-refractivity contribution in [2.24, 2.45) is 5.92 Å². The zero-order valence-electron chi connectivity index (χ0n) is 12.7. The minimum Gasteiger partial charge on any atom is -0.495 e. The first-order valence-corrected chi connectivity index (χ1v) is 7.43. The first-order chi connectivity index (χ1) is 10.7. The minimum absolute atomic E-state index is 0.267. The smallest absolute Gasteiger partial charge is 0.319 e. The van der Waals surface area contributed by atoms with E-state index in [1.165, 1.54) is 7.11 Å². The molecule has 0 bridgehead atoms. The lowest BCUT2D eigenvalue weighted by Gasteiger charge is -2.10. The van der Waals surface area contributed by atoms with Gasteiger partial charge in [-0.2, -0.15) is 5.26 Å². The number of hydrogen-bond acceptors (Lipinski definition) is 4. The molecule has 22 heavy (non-hydrogen) atoms. The maximum Gasteiger partial charge on any atom is 0.319 e. The zero-order valence-corrected chi connectivity index (χ0v) is 12.7. The summed E-state index contributed by atoms with van der Waals surface area (Å²) >= 11 is 0. The molecule has 1 heterocycles. The molecule has 0 aromatic heterocycles. The highest BCUT2D eigenvalue weighted by Crippen LogP contribution is 2.21. The molecule has 1 saturated heterocycles. The highest BCUT2D eigenvalue weighted by Gasteiger charge is 2.14. The van der Waals surface area contributed by atoms with Gasteiger partial charge in [0.25, 0.3) is 0 Å². The number of benzene rings is 1. The number of ether oxygens (including phenoxy) is 2. The predicted octanol–water partition coefficient (Wildman–Crippen LogP) is 2.51. The van der Waals surface area contributed by atoms with E-state index in [-0.39, 0.29) is 6.03 Å². The molecule has 1 aromatic rings. The van der Waals surface area contributed by atoms with Crippen molar-refractivity contribution in [1.29, 1.82) is 5.26 Å². The lowest BCUT2D eigenvalue weighted by atomic mass is 10.0. The molecule has 1 aliphatic heterocycles. The SMILES string of the molecule is COc1ccc(NC(=O)NCCC[C@@H]2CCOC2)cc1C#N. The summed E-state index contributed by atoms with van der Waals surface area (Å²) in [6, 6.07) is 6.72. The Balaban J connectivity index is 1.73. The van der Waals surface area contributed by atoms with Crippen molar-refractivity contribution in [3.8, 4) is 11.8 Å². The van der Waals surface area contributed by atoms with Crippen molar-refractivity contribution in [2.45, 2.75) is 19.3 Å². The quantitative estimate of drug-likeness (QED) is 0.791. The molecule has 1 aromatic carbocycles. The maximum atomic E-state index is 11.8. The molecule has 0 aliphatic carbocycles. The van der Waals surface area contributed by atoms with E-state index in [1.807, 2.05) is 6.07 Å². The third-order valence-electron chi connectivity index (χ3n) is 3.68. The van der Waals surface area contributed by atoms with Crippen LogP contribution in [-0.2, 0) is 4.74 Å². The van der Waals surface area contributed by atoms with Gasteiger partial charge in [-0.1, -0.05) is 0 Å². The highest BCUT2D eigenvalue weighted by atomic mass is 16.5. The molecule has 0 unspecified atom stereocenters. The number of nitriles is 1. The van der Waals surface area contributed by atoms with Crippen LogP contribution >= 0.6 is 0 Å². The molecule has 0 spiro atoms. The van der Waals surface area contributed by atoms with Crippen LogP contribution in [0.15, 0.2) is 18.2 Å². The van der Waals surface area contributed by atoms with Crippen LogP contribution in [0.2, 0.25) is 0 Å². The second-order valence-electron chi connectivity index (χ2n) is 5.28. The van der Waals surface area contributed by atoms with Gasteiger partial charge in [0.15, 0.2) is 0 Å². The van der Waals surface area contributed by atoms with Crippen molar-refractivity contribution in [1.82, 2.24) is 5.32 Å². The summed E-state index contributed by atoms with van der Waals surface area (Å²) in [5, 5.41) is 14.5. The van der Waals surface area contributed by atoms with Gasteiger partial charge in [-0.3, -0.25) is 0 Å². The number of hydrogen-bond donors (Lipinski definition) is 2.